The first kappa shape index (κ1) is 18.3. The quantitative estimate of drug-likeness (QED) is 0.645. The summed E-state index contributed by atoms with van der Waals surface area (Å²) in [5, 5.41) is 9.24. The number of amides is 1. The second-order valence-electron chi connectivity index (χ2n) is 7.16. The van der Waals surface area contributed by atoms with Crippen molar-refractivity contribution in [3.05, 3.63) is 35.6 Å². The van der Waals surface area contributed by atoms with Crippen LogP contribution in [0.5, 0.6) is 0 Å². The van der Waals surface area contributed by atoms with Gasteiger partial charge in [0.15, 0.2) is 17.0 Å². The summed E-state index contributed by atoms with van der Waals surface area (Å²) in [7, 11) is 0. The van der Waals surface area contributed by atoms with Crippen molar-refractivity contribution in [1.29, 1.82) is 0 Å². The molecule has 1 aromatic carbocycles. The second kappa shape index (κ2) is 7.57. The van der Waals surface area contributed by atoms with Crippen molar-refractivity contribution >= 4 is 34.5 Å². The molecule has 2 fully saturated rings. The number of carbonyl (C=O) groups excluding carboxylic acids is 1. The maximum atomic E-state index is 12.6. The third kappa shape index (κ3) is 3.40. The molecule has 3 aromatic rings. The highest BCUT2D eigenvalue weighted by Crippen LogP contribution is 2.24. The van der Waals surface area contributed by atoms with Gasteiger partial charge in [-0.3, -0.25) is 4.79 Å². The summed E-state index contributed by atoms with van der Waals surface area (Å²) >= 11 is 5.98. The monoisotopic (exact) mass is 413 g/mol. The molecule has 4 heterocycles. The zero-order chi connectivity index (χ0) is 19.8. The van der Waals surface area contributed by atoms with Crippen LogP contribution in [0.4, 0.5) is 5.82 Å². The van der Waals surface area contributed by atoms with Gasteiger partial charge >= 0.3 is 0 Å². The van der Waals surface area contributed by atoms with Gasteiger partial charge in [0.05, 0.1) is 5.69 Å². The predicted octanol–water partition coefficient (Wildman–Crippen LogP) is 1.69. The maximum absolute atomic E-state index is 12.6. The highest BCUT2D eigenvalue weighted by molar-refractivity contribution is 6.30. The van der Waals surface area contributed by atoms with E-state index >= 15 is 0 Å². The molecule has 2 saturated heterocycles. The minimum Gasteiger partial charge on any atom is -0.368 e. The molecule has 1 amide bonds. The number of hydrogen-bond donors (Lipinski definition) is 0. The number of carbonyl (C=O) groups is 1. The van der Waals surface area contributed by atoms with E-state index in [9.17, 15) is 4.79 Å². The fourth-order valence-corrected chi connectivity index (χ4v) is 3.97. The van der Waals surface area contributed by atoms with Gasteiger partial charge in [0.1, 0.15) is 12.4 Å². The van der Waals surface area contributed by atoms with Crippen molar-refractivity contribution < 1.29 is 9.53 Å². The predicted molar refractivity (Wildman–Crippen MR) is 107 cm³/mol. The van der Waals surface area contributed by atoms with Crippen LogP contribution >= 0.6 is 11.6 Å². The van der Waals surface area contributed by atoms with Gasteiger partial charge in [0.25, 0.3) is 5.91 Å². The smallest absolute Gasteiger partial charge is 0.251 e. The third-order valence-corrected chi connectivity index (χ3v) is 5.64. The minimum atomic E-state index is -0.272. The number of aromatic nitrogens is 5. The van der Waals surface area contributed by atoms with E-state index in [2.05, 4.69) is 25.2 Å². The summed E-state index contributed by atoms with van der Waals surface area (Å²) in [6.07, 6.45) is 3.03. The molecule has 9 nitrogen and oxygen atoms in total. The first-order chi connectivity index (χ1) is 14.2. The summed E-state index contributed by atoms with van der Waals surface area (Å²) in [6, 6.07) is 7.34. The Bertz CT molecular complexity index is 1020. The molecule has 2 aromatic heterocycles. The summed E-state index contributed by atoms with van der Waals surface area (Å²) in [4.78, 5) is 25.4. The Morgan fingerprint density at radius 2 is 1.90 bits per heavy atom. The molecule has 0 saturated carbocycles. The van der Waals surface area contributed by atoms with Crippen molar-refractivity contribution in [3.8, 4) is 5.69 Å². The summed E-state index contributed by atoms with van der Waals surface area (Å²) in [5.41, 5.74) is 2.10. The standard InChI is InChI=1S/C19H20ClN7O2/c20-13-3-5-14(6-4-13)27-18-16(23-24-27)17(21-12-22-18)25-7-9-26(10-8-25)19(28)15-2-1-11-29-15/h3-6,12,15H,1-2,7-11H2. The minimum absolute atomic E-state index is 0.101. The summed E-state index contributed by atoms with van der Waals surface area (Å²) in [5.74, 6) is 0.836. The Balaban J connectivity index is 1.36. The van der Waals surface area contributed by atoms with E-state index in [-0.39, 0.29) is 12.0 Å². The van der Waals surface area contributed by atoms with Gasteiger partial charge in [-0.15, -0.1) is 5.10 Å². The van der Waals surface area contributed by atoms with E-state index in [1.165, 1.54) is 6.33 Å². The van der Waals surface area contributed by atoms with Crippen LogP contribution in [-0.4, -0.2) is 74.7 Å². The number of rotatable bonds is 3. The molecular weight excluding hydrogens is 394 g/mol. The first-order valence-electron chi connectivity index (χ1n) is 9.68. The molecule has 1 atom stereocenters. The largest absolute Gasteiger partial charge is 0.368 e. The van der Waals surface area contributed by atoms with E-state index < -0.39 is 0 Å². The fourth-order valence-electron chi connectivity index (χ4n) is 3.84. The van der Waals surface area contributed by atoms with Crippen LogP contribution in [0.2, 0.25) is 5.02 Å². The lowest BCUT2D eigenvalue weighted by Crippen LogP contribution is -2.51. The van der Waals surface area contributed by atoms with Crippen LogP contribution in [0, 0.1) is 0 Å². The topological polar surface area (TPSA) is 89.3 Å². The average Bonchev–Trinajstić information content (AvgIpc) is 3.44. The van der Waals surface area contributed by atoms with Crippen molar-refractivity contribution in [1.82, 2.24) is 29.9 Å². The number of benzene rings is 1. The van der Waals surface area contributed by atoms with Crippen LogP contribution in [0.25, 0.3) is 16.9 Å². The van der Waals surface area contributed by atoms with Gasteiger partial charge in [-0.2, -0.15) is 4.68 Å². The summed E-state index contributed by atoms with van der Waals surface area (Å²) < 4.78 is 7.21. The Kier molecular flexibility index (Phi) is 4.76. The molecule has 5 rings (SSSR count). The maximum Gasteiger partial charge on any atom is 0.251 e. The molecular formula is C19H20ClN7O2. The van der Waals surface area contributed by atoms with Gasteiger partial charge in [-0.1, -0.05) is 16.8 Å². The Morgan fingerprint density at radius 3 is 2.62 bits per heavy atom. The lowest BCUT2D eigenvalue weighted by molar-refractivity contribution is -0.141. The molecule has 0 spiro atoms. The normalized spacial score (nSPS) is 19.8. The van der Waals surface area contributed by atoms with Gasteiger partial charge in [0, 0.05) is 37.8 Å². The van der Waals surface area contributed by atoms with Crippen molar-refractivity contribution in [2.45, 2.75) is 18.9 Å². The molecule has 150 valence electrons. The molecule has 0 aliphatic carbocycles. The van der Waals surface area contributed by atoms with E-state index in [1.807, 2.05) is 17.0 Å². The van der Waals surface area contributed by atoms with Crippen molar-refractivity contribution in [2.75, 3.05) is 37.7 Å². The van der Waals surface area contributed by atoms with Crippen LogP contribution < -0.4 is 4.90 Å². The highest BCUT2D eigenvalue weighted by Gasteiger charge is 2.31. The molecule has 10 heteroatoms. The number of hydrogen-bond acceptors (Lipinski definition) is 7. The van der Waals surface area contributed by atoms with Crippen LogP contribution in [0.15, 0.2) is 30.6 Å². The van der Waals surface area contributed by atoms with Gasteiger partial charge in [-0.05, 0) is 37.1 Å². The average molecular weight is 414 g/mol. The van der Waals surface area contributed by atoms with E-state index in [0.29, 0.717) is 49.0 Å². The third-order valence-electron chi connectivity index (χ3n) is 5.39. The molecule has 2 aliphatic rings. The molecule has 0 N–H and O–H groups in total. The van der Waals surface area contributed by atoms with Gasteiger partial charge in [0.2, 0.25) is 0 Å². The van der Waals surface area contributed by atoms with Gasteiger partial charge < -0.3 is 14.5 Å². The molecule has 2 aliphatic heterocycles. The second-order valence-corrected chi connectivity index (χ2v) is 7.60. The Morgan fingerprint density at radius 1 is 1.10 bits per heavy atom. The highest BCUT2D eigenvalue weighted by atomic mass is 35.5. The zero-order valence-corrected chi connectivity index (χ0v) is 16.5. The molecule has 0 radical (unpaired) electrons. The number of fused-ring (bicyclic) bond motifs is 1. The SMILES string of the molecule is O=C(C1CCCO1)N1CCN(c2ncnc3c2nnn3-c2ccc(Cl)cc2)CC1. The van der Waals surface area contributed by atoms with Gasteiger partial charge in [-0.25, -0.2) is 9.97 Å². The number of piperazine rings is 1. The van der Waals surface area contributed by atoms with E-state index in [1.54, 1.807) is 16.8 Å². The van der Waals surface area contributed by atoms with Crippen LogP contribution in [0.3, 0.4) is 0 Å². The zero-order valence-electron chi connectivity index (χ0n) is 15.7. The first-order valence-corrected chi connectivity index (χ1v) is 10.1. The lowest BCUT2D eigenvalue weighted by atomic mass is 10.2. The van der Waals surface area contributed by atoms with Crippen LogP contribution in [-0.2, 0) is 9.53 Å². The van der Waals surface area contributed by atoms with E-state index in [0.717, 1.165) is 24.3 Å². The number of nitrogens with zero attached hydrogens (tertiary/aromatic N) is 7. The molecule has 1 unspecified atom stereocenters. The fraction of sp³-hybridized carbons (Fsp3) is 0.421. The number of ether oxygens (including phenoxy) is 1. The summed E-state index contributed by atoms with van der Waals surface area (Å²) in [6.45, 7) is 3.31. The van der Waals surface area contributed by atoms with E-state index in [4.69, 9.17) is 16.3 Å². The Labute approximate surface area is 172 Å². The van der Waals surface area contributed by atoms with Crippen molar-refractivity contribution in [2.24, 2.45) is 0 Å². The molecule has 29 heavy (non-hydrogen) atoms. The molecule has 0 bridgehead atoms. The lowest BCUT2D eigenvalue weighted by Gasteiger charge is -2.36. The van der Waals surface area contributed by atoms with Crippen molar-refractivity contribution in [3.63, 3.8) is 0 Å². The van der Waals surface area contributed by atoms with Crippen LogP contribution in [0.1, 0.15) is 12.8 Å². The Hall–Kier alpha value is -2.78. The number of halogens is 1. The number of anilines is 1.